The summed E-state index contributed by atoms with van der Waals surface area (Å²) in [5, 5.41) is 37.0. The lowest BCUT2D eigenvalue weighted by atomic mass is 10.1. The van der Waals surface area contributed by atoms with Gasteiger partial charge in [-0.3, -0.25) is 38.8 Å². The smallest absolute Gasteiger partial charge is 0.320 e. The molecule has 1 rings (SSSR count). The van der Waals surface area contributed by atoms with Crippen LogP contribution in [0.2, 0.25) is 0 Å². The van der Waals surface area contributed by atoms with Crippen LogP contribution in [0.1, 0.15) is 13.8 Å². The Morgan fingerprint density at radius 3 is 1.50 bits per heavy atom. The average Bonchev–Trinajstić information content (AvgIpc) is 2.60. The summed E-state index contributed by atoms with van der Waals surface area (Å²) in [7, 11) is 0. The average molecular weight is 432 g/mol. The summed E-state index contributed by atoms with van der Waals surface area (Å²) in [6.07, 6.45) is 0. The van der Waals surface area contributed by atoms with Gasteiger partial charge in [-0.1, -0.05) is 0 Å². The van der Waals surface area contributed by atoms with Gasteiger partial charge in [-0.05, 0) is 13.8 Å². The standard InChI is InChI=1S/C18H32N4O8/c1-13-9-21(12-17(27)28)6-5-19(10-15(23)24)3-4-20(11-16(25)26)7-8-22(13)14(2)18(29)30/h13-14H,3-12H2,1-2H3,(H,23,24)(H,25,26)(H,27,28)(H,29,30). The Hall–Kier alpha value is -2.28. The third kappa shape index (κ3) is 9.48. The third-order valence-electron chi connectivity index (χ3n) is 5.16. The predicted octanol–water partition coefficient (Wildman–Crippen LogP) is -1.68. The number of carboxylic acids is 4. The SMILES string of the molecule is CC1CN(CC(=O)O)CCN(CC(=O)O)CCN(CC(=O)O)CCN1C(C)C(=O)O. The van der Waals surface area contributed by atoms with Crippen molar-refractivity contribution in [1.29, 1.82) is 0 Å². The largest absolute Gasteiger partial charge is 0.480 e. The second-order valence-electron chi connectivity index (χ2n) is 7.57. The first kappa shape index (κ1) is 25.8. The highest BCUT2D eigenvalue weighted by molar-refractivity contribution is 5.73. The van der Waals surface area contributed by atoms with Crippen LogP contribution in [-0.2, 0) is 19.2 Å². The van der Waals surface area contributed by atoms with Crippen molar-refractivity contribution >= 4 is 23.9 Å². The van der Waals surface area contributed by atoms with Crippen molar-refractivity contribution in [2.75, 3.05) is 65.4 Å². The molecule has 2 atom stereocenters. The van der Waals surface area contributed by atoms with Gasteiger partial charge in [-0.25, -0.2) is 0 Å². The molecule has 0 aromatic carbocycles. The Bertz CT molecular complexity index is 617. The highest BCUT2D eigenvalue weighted by Crippen LogP contribution is 2.10. The maximum absolute atomic E-state index is 11.6. The van der Waals surface area contributed by atoms with Gasteiger partial charge in [0, 0.05) is 51.9 Å². The van der Waals surface area contributed by atoms with Gasteiger partial charge in [0.05, 0.1) is 19.6 Å². The highest BCUT2D eigenvalue weighted by Gasteiger charge is 2.28. The van der Waals surface area contributed by atoms with E-state index >= 15 is 0 Å². The second kappa shape index (κ2) is 12.4. The minimum atomic E-state index is -1.02. The number of hydrogen-bond acceptors (Lipinski definition) is 8. The molecule has 1 heterocycles. The summed E-state index contributed by atoms with van der Waals surface area (Å²) in [4.78, 5) is 51.9. The summed E-state index contributed by atoms with van der Waals surface area (Å²) < 4.78 is 0. The van der Waals surface area contributed by atoms with E-state index in [1.807, 2.05) is 0 Å². The molecular weight excluding hydrogens is 400 g/mol. The van der Waals surface area contributed by atoms with Crippen LogP contribution in [0.3, 0.4) is 0 Å². The van der Waals surface area contributed by atoms with E-state index in [0.717, 1.165) is 0 Å². The van der Waals surface area contributed by atoms with Crippen molar-refractivity contribution in [3.8, 4) is 0 Å². The van der Waals surface area contributed by atoms with E-state index in [2.05, 4.69) is 0 Å². The van der Waals surface area contributed by atoms with Crippen LogP contribution in [0.15, 0.2) is 0 Å². The molecule has 2 unspecified atom stereocenters. The molecule has 4 N–H and O–H groups in total. The number of rotatable bonds is 8. The van der Waals surface area contributed by atoms with Gasteiger partial charge in [-0.2, -0.15) is 0 Å². The Morgan fingerprint density at radius 1 is 0.733 bits per heavy atom. The lowest BCUT2D eigenvalue weighted by Crippen LogP contribution is -2.54. The van der Waals surface area contributed by atoms with Crippen LogP contribution in [0.4, 0.5) is 0 Å². The molecule has 0 bridgehead atoms. The summed E-state index contributed by atoms with van der Waals surface area (Å²) in [5.74, 6) is -4.09. The third-order valence-corrected chi connectivity index (χ3v) is 5.16. The van der Waals surface area contributed by atoms with E-state index in [1.54, 1.807) is 33.4 Å². The Labute approximate surface area is 175 Å². The quantitative estimate of drug-likeness (QED) is 0.345. The highest BCUT2D eigenvalue weighted by atomic mass is 16.4. The van der Waals surface area contributed by atoms with Crippen molar-refractivity contribution in [3.05, 3.63) is 0 Å². The fraction of sp³-hybridized carbons (Fsp3) is 0.778. The van der Waals surface area contributed by atoms with Gasteiger partial charge in [0.2, 0.25) is 0 Å². The number of carbonyl (C=O) groups is 4. The molecule has 172 valence electrons. The normalized spacial score (nSPS) is 22.5. The lowest BCUT2D eigenvalue weighted by Gasteiger charge is -2.38. The first-order chi connectivity index (χ1) is 14.0. The first-order valence-corrected chi connectivity index (χ1v) is 9.80. The van der Waals surface area contributed by atoms with Gasteiger partial charge in [0.25, 0.3) is 0 Å². The summed E-state index contributed by atoms with van der Waals surface area (Å²) in [5.41, 5.74) is 0. The zero-order valence-corrected chi connectivity index (χ0v) is 17.4. The van der Waals surface area contributed by atoms with Crippen LogP contribution >= 0.6 is 0 Å². The fourth-order valence-electron chi connectivity index (χ4n) is 3.59. The van der Waals surface area contributed by atoms with Gasteiger partial charge in [0.15, 0.2) is 0 Å². The van der Waals surface area contributed by atoms with Crippen molar-refractivity contribution in [2.45, 2.75) is 25.9 Å². The van der Waals surface area contributed by atoms with Crippen LogP contribution in [0, 0.1) is 0 Å². The number of aliphatic carboxylic acids is 4. The molecule has 0 aromatic heterocycles. The van der Waals surface area contributed by atoms with Crippen molar-refractivity contribution in [3.63, 3.8) is 0 Å². The Morgan fingerprint density at radius 2 is 1.10 bits per heavy atom. The first-order valence-electron chi connectivity index (χ1n) is 9.80. The Kier molecular flexibility index (Phi) is 10.7. The molecule has 1 fully saturated rings. The minimum Gasteiger partial charge on any atom is -0.480 e. The fourth-order valence-corrected chi connectivity index (χ4v) is 3.59. The second-order valence-corrected chi connectivity index (χ2v) is 7.57. The number of hydrogen-bond donors (Lipinski definition) is 4. The molecule has 30 heavy (non-hydrogen) atoms. The maximum Gasteiger partial charge on any atom is 0.320 e. The summed E-state index contributed by atoms with van der Waals surface area (Å²) in [6, 6.07) is -1.14. The molecule has 1 aliphatic heterocycles. The molecule has 12 heteroatoms. The predicted molar refractivity (Wildman–Crippen MR) is 105 cm³/mol. The van der Waals surface area contributed by atoms with E-state index in [4.69, 9.17) is 5.11 Å². The molecule has 0 amide bonds. The summed E-state index contributed by atoms with van der Waals surface area (Å²) in [6.45, 7) is 4.64. The van der Waals surface area contributed by atoms with E-state index in [-0.39, 0.29) is 51.9 Å². The molecule has 12 nitrogen and oxygen atoms in total. The van der Waals surface area contributed by atoms with Gasteiger partial charge < -0.3 is 20.4 Å². The molecular formula is C18H32N4O8. The molecule has 0 aliphatic carbocycles. The monoisotopic (exact) mass is 432 g/mol. The topological polar surface area (TPSA) is 162 Å². The van der Waals surface area contributed by atoms with Gasteiger partial charge in [-0.15, -0.1) is 0 Å². The van der Waals surface area contributed by atoms with Gasteiger partial charge in [0.1, 0.15) is 6.04 Å². The Balaban J connectivity index is 3.10. The van der Waals surface area contributed by atoms with Gasteiger partial charge >= 0.3 is 23.9 Å². The van der Waals surface area contributed by atoms with E-state index in [0.29, 0.717) is 19.6 Å². The van der Waals surface area contributed by atoms with Crippen molar-refractivity contribution in [2.24, 2.45) is 0 Å². The molecule has 0 saturated carbocycles. The minimum absolute atomic E-state index is 0.237. The van der Waals surface area contributed by atoms with Crippen molar-refractivity contribution < 1.29 is 39.6 Å². The molecule has 1 saturated heterocycles. The zero-order chi connectivity index (χ0) is 22.8. The van der Waals surface area contributed by atoms with Crippen molar-refractivity contribution in [1.82, 2.24) is 19.6 Å². The molecule has 0 spiro atoms. The zero-order valence-electron chi connectivity index (χ0n) is 17.4. The van der Waals surface area contributed by atoms with Crippen LogP contribution in [0.25, 0.3) is 0 Å². The van der Waals surface area contributed by atoms with Crippen LogP contribution < -0.4 is 0 Å². The summed E-state index contributed by atoms with van der Waals surface area (Å²) >= 11 is 0. The maximum atomic E-state index is 11.6. The van der Waals surface area contributed by atoms with E-state index in [1.165, 1.54) is 0 Å². The van der Waals surface area contributed by atoms with E-state index < -0.39 is 29.9 Å². The molecule has 0 aromatic rings. The lowest BCUT2D eigenvalue weighted by molar-refractivity contribution is -0.145. The number of carboxylic acid groups (broad SMARTS) is 4. The number of nitrogens with zero attached hydrogens (tertiary/aromatic N) is 4. The van der Waals surface area contributed by atoms with E-state index in [9.17, 15) is 34.5 Å². The van der Waals surface area contributed by atoms with Crippen LogP contribution in [-0.4, -0.2) is 141 Å². The molecule has 1 aliphatic rings. The van der Waals surface area contributed by atoms with Crippen LogP contribution in [0.5, 0.6) is 0 Å². The molecule has 0 radical (unpaired) electrons.